The average molecular weight is 1490 g/mol. The van der Waals surface area contributed by atoms with E-state index in [1.165, 1.54) is 87.6 Å². The van der Waals surface area contributed by atoms with E-state index < -0.39 is 51.1 Å². The quantitative estimate of drug-likeness (QED) is 0.120. The van der Waals surface area contributed by atoms with Gasteiger partial charge in [0.1, 0.15) is 0 Å². The fourth-order valence-corrected chi connectivity index (χ4v) is 70.8. The fraction of sp³-hybridized carbons (Fsp3) is 0.128. The standard InChI is InChI=1S/4C16H13.2C7H8Si.2ClH.2Hf/c4*1-12-9-10-14(11-12)16-8-4-6-13-5-2-3-7-15(13)16;2*1-8-7-5-3-2-4-6-7;;;;/h4*2-8,11H,10H2,1H3;2*2-6H,1H3;2*1H;;/p-2. The van der Waals surface area contributed by atoms with Gasteiger partial charge in [0, 0.05) is 0 Å². The van der Waals surface area contributed by atoms with Crippen LogP contribution in [0.1, 0.15) is 75.6 Å². The van der Waals surface area contributed by atoms with Gasteiger partial charge >= 0.3 is 506 Å². The van der Waals surface area contributed by atoms with Gasteiger partial charge in [-0.25, -0.2) is 0 Å². The first kappa shape index (κ1) is 59.6. The number of benzene rings is 10. The average Bonchev–Trinajstić information content (AvgIpc) is 4.48. The molecule has 0 bridgehead atoms. The Kier molecular flexibility index (Phi) is 18.6. The Hall–Kier alpha value is -6.09. The molecule has 10 aromatic carbocycles. The number of hydrogen-bond acceptors (Lipinski definition) is 0. The van der Waals surface area contributed by atoms with Crippen molar-refractivity contribution in [2.45, 2.75) is 66.5 Å². The molecular weight excluding hydrogens is 1420 g/mol. The third-order valence-corrected chi connectivity index (χ3v) is 70.9. The number of hydrogen-bond donors (Lipinski definition) is 0. The van der Waals surface area contributed by atoms with Crippen molar-refractivity contribution in [1.82, 2.24) is 0 Å². The second kappa shape index (κ2) is 26.3. The monoisotopic (exact) mass is 1490 g/mol. The van der Waals surface area contributed by atoms with Crippen LogP contribution in [0.5, 0.6) is 0 Å². The molecule has 0 aliphatic heterocycles. The third-order valence-electron chi connectivity index (χ3n) is 17.8. The normalized spacial score (nSPS) is 14.7. The summed E-state index contributed by atoms with van der Waals surface area (Å²) in [5.41, 5.74) is 16.5. The van der Waals surface area contributed by atoms with Crippen LogP contribution >= 0.6 is 0 Å². The summed E-state index contributed by atoms with van der Waals surface area (Å²) in [6.45, 7) is 14.9. The van der Waals surface area contributed by atoms with E-state index in [1.807, 2.05) is 13.3 Å². The maximum Gasteiger partial charge on any atom is -1.00 e. The van der Waals surface area contributed by atoms with E-state index in [0.29, 0.717) is 0 Å². The molecule has 412 valence electrons. The van der Waals surface area contributed by atoms with Gasteiger partial charge in [-0.3, -0.25) is 0 Å². The summed E-state index contributed by atoms with van der Waals surface area (Å²) < 4.78 is 7.33. The molecule has 0 atom stereocenters. The Balaban J connectivity index is 0.000000171. The minimum absolute atomic E-state index is 0. The molecule has 0 fully saturated rings. The zero-order chi connectivity index (χ0) is 55.8. The Morgan fingerprint density at radius 2 is 0.476 bits per heavy atom. The van der Waals surface area contributed by atoms with Gasteiger partial charge in [-0.1, -0.05) is 0 Å². The van der Waals surface area contributed by atoms with Crippen LogP contribution in [0.25, 0.3) is 65.4 Å². The van der Waals surface area contributed by atoms with Crippen LogP contribution in [0.4, 0.5) is 0 Å². The number of rotatable bonds is 10. The largest absolute Gasteiger partial charge is 1.00 e. The van der Waals surface area contributed by atoms with Crippen LogP contribution in [-0.2, 0) is 40.1 Å². The zero-order valence-electron chi connectivity index (χ0n) is 48.8. The summed E-state index contributed by atoms with van der Waals surface area (Å²) in [7, 11) is 0. The SMILES string of the molecule is CC1=[C]([Hf]([C]2=C(C)C=C(c3cccc4ccccc34)C2)=[Si](C)c2ccccc2)CC(c2cccc3ccccc23)=C1.CC1=[C]([Hf]([C]2=C(C)C=C(c3cccc4ccccc34)C2)=[Si](C)c2ccccc2)CC(c2cccc3ccccc23)=C1.[Cl-].[Cl-]. The molecule has 0 nitrogen and oxygen atoms in total. The molecule has 84 heavy (non-hydrogen) atoms. The molecule has 0 amide bonds. The van der Waals surface area contributed by atoms with Crippen molar-refractivity contribution >= 4 is 86.7 Å². The molecule has 6 heteroatoms. The first-order valence-electron chi connectivity index (χ1n) is 29.2. The third kappa shape index (κ3) is 11.8. The summed E-state index contributed by atoms with van der Waals surface area (Å²) >= 11 is -4.98. The predicted octanol–water partition coefficient (Wildman–Crippen LogP) is 13.9. The molecule has 0 N–H and O–H groups in total. The van der Waals surface area contributed by atoms with Crippen molar-refractivity contribution in [3.05, 3.63) is 313 Å². The van der Waals surface area contributed by atoms with E-state index in [2.05, 4.69) is 296 Å². The van der Waals surface area contributed by atoms with Gasteiger partial charge in [-0.2, -0.15) is 0 Å². The minimum Gasteiger partial charge on any atom is -1.00 e. The maximum absolute atomic E-state index is 2.63. The molecule has 0 saturated carbocycles. The molecule has 0 radical (unpaired) electrons. The van der Waals surface area contributed by atoms with Crippen molar-refractivity contribution in [1.29, 1.82) is 0 Å². The van der Waals surface area contributed by atoms with Crippen LogP contribution in [0.3, 0.4) is 0 Å². The second-order valence-electron chi connectivity index (χ2n) is 22.9. The minimum atomic E-state index is -2.49. The second-order valence-corrected chi connectivity index (χ2v) is 64.9. The van der Waals surface area contributed by atoms with Gasteiger partial charge in [0.2, 0.25) is 0 Å². The van der Waals surface area contributed by atoms with Crippen molar-refractivity contribution in [2.24, 2.45) is 0 Å². The first-order chi connectivity index (χ1) is 40.2. The summed E-state index contributed by atoms with van der Waals surface area (Å²) in [5, 5.41) is 14.1. The van der Waals surface area contributed by atoms with E-state index >= 15 is 0 Å². The van der Waals surface area contributed by atoms with Gasteiger partial charge in [0.15, 0.2) is 0 Å². The number of allylic oxidation sites excluding steroid dienone is 16. The zero-order valence-corrected chi connectivity index (χ0v) is 59.5. The van der Waals surface area contributed by atoms with Crippen molar-refractivity contribution in [3.8, 4) is 0 Å². The fourth-order valence-electron chi connectivity index (χ4n) is 13.7. The van der Waals surface area contributed by atoms with Crippen LogP contribution in [0.15, 0.2) is 290 Å². The smallest absolute Gasteiger partial charge is 1.00 e. The Morgan fingerprint density at radius 3 is 0.726 bits per heavy atom. The van der Waals surface area contributed by atoms with Crippen LogP contribution in [-0.4, -0.2) is 11.0 Å². The first-order valence-corrected chi connectivity index (χ1v) is 51.2. The summed E-state index contributed by atoms with van der Waals surface area (Å²) in [6, 6.07) is 85.7. The molecule has 4 aliphatic carbocycles. The molecule has 0 aromatic heterocycles. The summed E-state index contributed by atoms with van der Waals surface area (Å²) in [4.78, 5) is 0. The van der Waals surface area contributed by atoms with E-state index in [1.54, 1.807) is 32.7 Å². The number of halogens is 2. The van der Waals surface area contributed by atoms with E-state index in [-0.39, 0.29) is 24.8 Å². The summed E-state index contributed by atoms with van der Waals surface area (Å²) in [6.07, 6.45) is 14.6. The molecule has 0 spiro atoms. The van der Waals surface area contributed by atoms with Crippen LogP contribution in [0.2, 0.25) is 13.1 Å². The molecule has 4 aliphatic rings. The van der Waals surface area contributed by atoms with Crippen molar-refractivity contribution in [2.75, 3.05) is 0 Å². The van der Waals surface area contributed by atoms with Crippen LogP contribution in [0, 0.1) is 0 Å². The van der Waals surface area contributed by atoms with Gasteiger partial charge < -0.3 is 24.8 Å². The molecular formula is C78H68Cl2Hf2Si2-2. The van der Waals surface area contributed by atoms with Crippen molar-refractivity contribution < 1.29 is 64.9 Å². The van der Waals surface area contributed by atoms with Gasteiger partial charge in [0.05, 0.1) is 0 Å². The molecule has 14 rings (SSSR count). The Morgan fingerprint density at radius 1 is 0.262 bits per heavy atom. The Bertz CT molecular complexity index is 4040. The molecule has 0 heterocycles. The number of fused-ring (bicyclic) bond motifs is 4. The predicted molar refractivity (Wildman–Crippen MR) is 352 cm³/mol. The van der Waals surface area contributed by atoms with E-state index in [9.17, 15) is 0 Å². The maximum atomic E-state index is 2.63. The Labute approximate surface area is 525 Å². The van der Waals surface area contributed by atoms with E-state index in [4.69, 9.17) is 0 Å². The molecule has 0 saturated heterocycles. The van der Waals surface area contributed by atoms with E-state index in [0.717, 1.165) is 25.7 Å². The van der Waals surface area contributed by atoms with Gasteiger partial charge in [-0.15, -0.1) is 0 Å². The van der Waals surface area contributed by atoms with Crippen molar-refractivity contribution in [3.63, 3.8) is 0 Å². The van der Waals surface area contributed by atoms with Crippen LogP contribution < -0.4 is 35.2 Å². The molecule has 0 unspecified atom stereocenters. The molecule has 10 aromatic rings. The summed E-state index contributed by atoms with van der Waals surface area (Å²) in [5.74, 6) is 0. The van der Waals surface area contributed by atoms with Gasteiger partial charge in [0.25, 0.3) is 0 Å². The van der Waals surface area contributed by atoms with Gasteiger partial charge in [-0.05, 0) is 0 Å². The topological polar surface area (TPSA) is 0 Å².